The van der Waals surface area contributed by atoms with Gasteiger partial charge in [0.25, 0.3) is 0 Å². The number of carboxylic acid groups (broad SMARTS) is 1. The summed E-state index contributed by atoms with van der Waals surface area (Å²) >= 11 is 0. The lowest BCUT2D eigenvalue weighted by Crippen LogP contribution is -2.47. The van der Waals surface area contributed by atoms with Crippen LogP contribution < -0.4 is 15.4 Å². The molecule has 0 aromatic carbocycles. The number of hydrogen-bond acceptors (Lipinski definition) is 4. The zero-order valence-electron chi connectivity index (χ0n) is 13.7. The molecule has 0 saturated carbocycles. The van der Waals surface area contributed by atoms with Gasteiger partial charge in [0.2, 0.25) is 11.6 Å². The maximum atomic E-state index is 10.5. The van der Waals surface area contributed by atoms with Crippen LogP contribution >= 0.6 is 0 Å². The van der Waals surface area contributed by atoms with Crippen LogP contribution in [-0.4, -0.2) is 23.0 Å². The highest BCUT2D eigenvalue weighted by molar-refractivity contribution is 5.80. The van der Waals surface area contributed by atoms with Gasteiger partial charge in [0.05, 0.1) is 12.0 Å². The summed E-state index contributed by atoms with van der Waals surface area (Å²) in [6.45, 7) is 7.23. The van der Waals surface area contributed by atoms with E-state index >= 15 is 0 Å². The number of H-pyrrole nitrogens is 1. The average Bonchev–Trinajstić information content (AvgIpc) is 2.46. The topological polar surface area (TPSA) is 104 Å². The van der Waals surface area contributed by atoms with Crippen molar-refractivity contribution < 1.29 is 24.8 Å². The first-order valence-electron chi connectivity index (χ1n) is 7.50. The number of nitrogens with one attached hydrogen (secondary N) is 2. The van der Waals surface area contributed by atoms with Gasteiger partial charge in [0.1, 0.15) is 0 Å². The summed E-state index contributed by atoms with van der Waals surface area (Å²) in [7, 11) is 0. The molecule has 1 atom stereocenters. The third-order valence-electron chi connectivity index (χ3n) is 3.01. The quantitative estimate of drug-likeness (QED) is 0.798. The molecule has 22 heavy (non-hydrogen) atoms. The zero-order valence-corrected chi connectivity index (χ0v) is 13.7. The minimum Gasteiger partial charge on any atom is -0.548 e. The van der Waals surface area contributed by atoms with Crippen molar-refractivity contribution in [2.45, 2.75) is 59.4 Å². The smallest absolute Gasteiger partial charge is 0.221 e. The number of aliphatic carboxylic acids is 1. The number of aromatic amines is 1. The summed E-state index contributed by atoms with van der Waals surface area (Å²) < 4.78 is 0. The molecule has 1 amide bonds. The molecule has 1 heterocycles. The van der Waals surface area contributed by atoms with Gasteiger partial charge in [0.15, 0.2) is 11.4 Å². The Hall–Kier alpha value is -2.11. The third-order valence-corrected chi connectivity index (χ3v) is 3.01. The number of unbranched alkanes of at least 4 members (excludes halogenated alkanes) is 1. The molecule has 124 valence electrons. The fourth-order valence-corrected chi connectivity index (χ4v) is 1.82. The average molecular weight is 310 g/mol. The summed E-state index contributed by atoms with van der Waals surface area (Å²) in [5.41, 5.74) is 1.98. The van der Waals surface area contributed by atoms with Crippen LogP contribution in [0.1, 0.15) is 51.4 Å². The Kier molecular flexibility index (Phi) is 9.58. The number of hydrogen-bond donors (Lipinski definition) is 2. The van der Waals surface area contributed by atoms with E-state index in [9.17, 15) is 19.8 Å². The number of aryl methyl sites for hydroxylation is 2. The Balaban J connectivity index is 0.000000406. The Morgan fingerprint density at radius 1 is 1.36 bits per heavy atom. The molecule has 6 heteroatoms. The number of carbonyl (C=O) groups is 2. The lowest BCUT2D eigenvalue weighted by Gasteiger charge is -2.17. The van der Waals surface area contributed by atoms with Crippen molar-refractivity contribution in [2.75, 3.05) is 0 Å². The minimum atomic E-state index is -1.21. The SMILES string of the molecule is CCCCC(NC(C)=O)C(=O)[O-].CCc1[nH+]c(C)ccc1O. The first-order chi connectivity index (χ1) is 10.3. The molecule has 1 aromatic rings. The van der Waals surface area contributed by atoms with Crippen LogP contribution in [0.25, 0.3) is 0 Å². The van der Waals surface area contributed by atoms with Crippen LogP contribution in [0.3, 0.4) is 0 Å². The van der Waals surface area contributed by atoms with E-state index in [1.807, 2.05) is 26.8 Å². The Bertz CT molecular complexity index is 489. The van der Waals surface area contributed by atoms with Gasteiger partial charge < -0.3 is 20.3 Å². The van der Waals surface area contributed by atoms with Crippen LogP contribution in [0, 0.1) is 6.92 Å². The molecule has 1 rings (SSSR count). The van der Waals surface area contributed by atoms with Crippen molar-refractivity contribution in [1.82, 2.24) is 5.32 Å². The third kappa shape index (κ3) is 8.24. The lowest BCUT2D eigenvalue weighted by molar-refractivity contribution is -0.400. The van der Waals surface area contributed by atoms with Crippen molar-refractivity contribution in [3.8, 4) is 5.75 Å². The molecule has 0 fully saturated rings. The number of amides is 1. The fraction of sp³-hybridized carbons (Fsp3) is 0.562. The number of pyridine rings is 1. The highest BCUT2D eigenvalue weighted by atomic mass is 16.4. The summed E-state index contributed by atoms with van der Waals surface area (Å²) in [5.74, 6) is -1.19. The maximum Gasteiger partial charge on any atom is 0.221 e. The zero-order chi connectivity index (χ0) is 17.1. The second-order valence-corrected chi connectivity index (χ2v) is 5.07. The number of aromatic hydroxyl groups is 1. The Morgan fingerprint density at radius 3 is 2.41 bits per heavy atom. The Labute approximate surface area is 131 Å². The normalized spacial score (nSPS) is 11.1. The van der Waals surface area contributed by atoms with Crippen molar-refractivity contribution in [3.63, 3.8) is 0 Å². The van der Waals surface area contributed by atoms with Gasteiger partial charge in [-0.15, -0.1) is 0 Å². The van der Waals surface area contributed by atoms with E-state index in [1.54, 1.807) is 6.07 Å². The molecule has 0 aliphatic rings. The predicted molar refractivity (Wildman–Crippen MR) is 80.9 cm³/mol. The van der Waals surface area contributed by atoms with Crippen LogP contribution in [0.15, 0.2) is 12.1 Å². The van der Waals surface area contributed by atoms with Gasteiger partial charge in [-0.25, -0.2) is 4.98 Å². The van der Waals surface area contributed by atoms with E-state index in [0.29, 0.717) is 12.2 Å². The molecule has 0 bridgehead atoms. The van der Waals surface area contributed by atoms with E-state index in [-0.39, 0.29) is 5.91 Å². The van der Waals surface area contributed by atoms with Crippen LogP contribution in [0.4, 0.5) is 0 Å². The summed E-state index contributed by atoms with van der Waals surface area (Å²) in [5, 5.41) is 21.9. The van der Waals surface area contributed by atoms with Crippen molar-refractivity contribution >= 4 is 11.9 Å². The molecular weight excluding hydrogens is 284 g/mol. The minimum absolute atomic E-state index is 0.333. The summed E-state index contributed by atoms with van der Waals surface area (Å²) in [6.07, 6.45) is 2.97. The molecule has 0 saturated heterocycles. The number of carboxylic acids is 1. The molecule has 0 spiro atoms. The van der Waals surface area contributed by atoms with Crippen molar-refractivity contribution in [3.05, 3.63) is 23.5 Å². The van der Waals surface area contributed by atoms with Crippen LogP contribution in [-0.2, 0) is 16.0 Å². The molecular formula is C16H26N2O4. The van der Waals surface area contributed by atoms with E-state index in [4.69, 9.17) is 0 Å². The second-order valence-electron chi connectivity index (χ2n) is 5.07. The lowest BCUT2D eigenvalue weighted by atomic mass is 10.1. The van der Waals surface area contributed by atoms with E-state index in [2.05, 4.69) is 10.3 Å². The molecule has 0 aliphatic heterocycles. The number of rotatable bonds is 6. The highest BCUT2D eigenvalue weighted by Gasteiger charge is 2.09. The van der Waals surface area contributed by atoms with Gasteiger partial charge in [0, 0.05) is 26.3 Å². The highest BCUT2D eigenvalue weighted by Crippen LogP contribution is 2.10. The molecule has 0 aliphatic carbocycles. The first-order valence-corrected chi connectivity index (χ1v) is 7.50. The summed E-state index contributed by atoms with van der Waals surface area (Å²) in [4.78, 5) is 24.0. The van der Waals surface area contributed by atoms with E-state index < -0.39 is 12.0 Å². The molecule has 0 radical (unpaired) electrons. The maximum absolute atomic E-state index is 10.5. The van der Waals surface area contributed by atoms with E-state index in [1.165, 1.54) is 6.92 Å². The van der Waals surface area contributed by atoms with E-state index in [0.717, 1.165) is 30.7 Å². The van der Waals surface area contributed by atoms with Gasteiger partial charge in [-0.2, -0.15) is 0 Å². The van der Waals surface area contributed by atoms with Gasteiger partial charge in [-0.05, 0) is 12.5 Å². The first kappa shape index (κ1) is 19.9. The number of carbonyl (C=O) groups excluding carboxylic acids is 2. The van der Waals surface area contributed by atoms with Crippen LogP contribution in [0.2, 0.25) is 0 Å². The predicted octanol–water partition coefficient (Wildman–Crippen LogP) is 0.508. The van der Waals surface area contributed by atoms with Crippen molar-refractivity contribution in [1.29, 1.82) is 0 Å². The molecule has 3 N–H and O–H groups in total. The van der Waals surface area contributed by atoms with Crippen LogP contribution in [0.5, 0.6) is 5.75 Å². The largest absolute Gasteiger partial charge is 0.548 e. The number of aromatic nitrogens is 1. The van der Waals surface area contributed by atoms with Gasteiger partial charge >= 0.3 is 0 Å². The fourth-order valence-electron chi connectivity index (χ4n) is 1.82. The van der Waals surface area contributed by atoms with Gasteiger partial charge in [-0.3, -0.25) is 4.79 Å². The summed E-state index contributed by atoms with van der Waals surface area (Å²) in [6, 6.07) is 2.74. The molecule has 1 aromatic heterocycles. The molecule has 1 unspecified atom stereocenters. The molecule has 6 nitrogen and oxygen atoms in total. The van der Waals surface area contributed by atoms with Gasteiger partial charge in [-0.1, -0.05) is 26.7 Å². The van der Waals surface area contributed by atoms with Crippen molar-refractivity contribution in [2.24, 2.45) is 0 Å². The standard InChI is InChI=1S/C8H15NO3.C8H11NO/c1-3-4-5-7(8(11)12)9-6(2)10;1-3-7-8(10)5-4-6(2)9-7/h7H,3-5H2,1-2H3,(H,9,10)(H,11,12);4-5,10H,3H2,1-2H3. The second kappa shape index (κ2) is 10.6. The Morgan fingerprint density at radius 2 is 2.00 bits per heavy atom. The monoisotopic (exact) mass is 310 g/mol.